The minimum atomic E-state index is -0.239. The fraction of sp³-hybridized carbons (Fsp3) is 0.0370. The third-order valence-electron chi connectivity index (χ3n) is 11.8. The summed E-state index contributed by atoms with van der Waals surface area (Å²) < 4.78 is 2.63. The van der Waals surface area contributed by atoms with Gasteiger partial charge < -0.3 is 0 Å². The zero-order chi connectivity index (χ0) is 37.9. The van der Waals surface area contributed by atoms with Gasteiger partial charge in [0.15, 0.2) is 5.82 Å². The zero-order valence-electron chi connectivity index (χ0n) is 31.4. The fourth-order valence-corrected chi connectivity index (χ4v) is 10.2. The number of benzene rings is 8. The van der Waals surface area contributed by atoms with Crippen LogP contribution in [0.1, 0.15) is 23.6 Å². The molecule has 57 heavy (non-hydrogen) atoms. The van der Waals surface area contributed by atoms with Crippen molar-refractivity contribution in [3.8, 4) is 67.3 Å². The highest BCUT2D eigenvalue weighted by Gasteiger charge is 2.40. The van der Waals surface area contributed by atoms with Crippen LogP contribution in [0.5, 0.6) is 0 Å². The van der Waals surface area contributed by atoms with Gasteiger partial charge in [-0.15, -0.1) is 11.3 Å². The first-order valence-corrected chi connectivity index (χ1v) is 20.3. The van der Waals surface area contributed by atoms with Gasteiger partial charge in [-0.2, -0.15) is 0 Å². The van der Waals surface area contributed by atoms with Crippen molar-refractivity contribution in [3.63, 3.8) is 0 Å². The molecule has 0 spiro atoms. The number of thiophene rings is 1. The molecule has 268 valence electrons. The molecule has 1 aliphatic rings. The first kappa shape index (κ1) is 33.4. The van der Waals surface area contributed by atoms with Crippen LogP contribution in [-0.4, -0.2) is 9.97 Å². The highest BCUT2D eigenvalue weighted by atomic mass is 32.1. The van der Waals surface area contributed by atoms with E-state index in [-0.39, 0.29) is 5.41 Å². The van der Waals surface area contributed by atoms with Crippen LogP contribution in [0.15, 0.2) is 200 Å². The van der Waals surface area contributed by atoms with E-state index in [0.717, 1.165) is 39.2 Å². The molecule has 0 fully saturated rings. The van der Waals surface area contributed by atoms with Gasteiger partial charge in [0.2, 0.25) is 0 Å². The van der Waals surface area contributed by atoms with Crippen LogP contribution in [0.2, 0.25) is 0 Å². The summed E-state index contributed by atoms with van der Waals surface area (Å²) in [5.41, 5.74) is 16.0. The van der Waals surface area contributed by atoms with Crippen LogP contribution in [-0.2, 0) is 5.41 Å². The van der Waals surface area contributed by atoms with Crippen molar-refractivity contribution < 1.29 is 0 Å². The third-order valence-corrected chi connectivity index (χ3v) is 13.1. The SMILES string of the molecule is CC1(c2ccccc2)c2ccccc2-c2cc(-c3ccccc3-c3cc(-c4ccc(-c5cccc6c5sc5ccccc56)cc4)nc(-c4ccccc4)n3)ccc21. The van der Waals surface area contributed by atoms with Crippen molar-refractivity contribution in [1.82, 2.24) is 9.97 Å². The van der Waals surface area contributed by atoms with Gasteiger partial charge in [0, 0.05) is 42.3 Å². The molecule has 0 N–H and O–H groups in total. The van der Waals surface area contributed by atoms with Crippen LogP contribution in [0, 0.1) is 0 Å². The Labute approximate surface area is 336 Å². The van der Waals surface area contributed by atoms with E-state index >= 15 is 0 Å². The van der Waals surface area contributed by atoms with Crippen LogP contribution >= 0.6 is 11.3 Å². The van der Waals surface area contributed by atoms with Gasteiger partial charge in [0.05, 0.1) is 11.4 Å². The average Bonchev–Trinajstić information content (AvgIpc) is 3.80. The molecule has 0 radical (unpaired) electrons. The molecule has 1 unspecified atom stereocenters. The maximum Gasteiger partial charge on any atom is 0.160 e. The summed E-state index contributed by atoms with van der Waals surface area (Å²) in [7, 11) is 0. The standard InChI is InChI=1S/C54H36N2S/c1-54(39-17-6-3-7-18-39)47-25-12-10-20-42(47)46-33-38(31-32-48(46)54)40-19-8-9-21-43(40)50-34-49(55-53(56-50)37-15-4-2-5-16-37)36-29-27-35(28-30-36)41-23-14-24-45-44-22-11-13-26-51(44)57-52(41)45/h2-34H,1H3. The second-order valence-electron chi connectivity index (χ2n) is 15.0. The van der Waals surface area contributed by atoms with Gasteiger partial charge in [-0.1, -0.05) is 182 Å². The summed E-state index contributed by atoms with van der Waals surface area (Å²) >= 11 is 1.86. The largest absolute Gasteiger partial charge is 0.228 e. The van der Waals surface area contributed by atoms with E-state index in [0.29, 0.717) is 5.82 Å². The quantitative estimate of drug-likeness (QED) is 0.169. The Morgan fingerprint density at radius 3 is 1.81 bits per heavy atom. The number of aromatic nitrogens is 2. The topological polar surface area (TPSA) is 25.8 Å². The summed E-state index contributed by atoms with van der Waals surface area (Å²) in [4.78, 5) is 10.5. The average molecular weight is 745 g/mol. The lowest BCUT2D eigenvalue weighted by atomic mass is 9.74. The van der Waals surface area contributed by atoms with E-state index in [9.17, 15) is 0 Å². The third kappa shape index (κ3) is 5.46. The van der Waals surface area contributed by atoms with Crippen molar-refractivity contribution in [2.75, 3.05) is 0 Å². The molecule has 0 saturated heterocycles. The van der Waals surface area contributed by atoms with Crippen molar-refractivity contribution >= 4 is 31.5 Å². The molecule has 1 atom stereocenters. The van der Waals surface area contributed by atoms with Gasteiger partial charge in [-0.3, -0.25) is 0 Å². The van der Waals surface area contributed by atoms with Crippen LogP contribution in [0.25, 0.3) is 87.5 Å². The molecule has 2 nitrogen and oxygen atoms in total. The monoisotopic (exact) mass is 744 g/mol. The van der Waals surface area contributed by atoms with Crippen LogP contribution in [0.4, 0.5) is 0 Å². The maximum atomic E-state index is 5.27. The second kappa shape index (κ2) is 13.4. The van der Waals surface area contributed by atoms with E-state index < -0.39 is 0 Å². The minimum Gasteiger partial charge on any atom is -0.228 e. The van der Waals surface area contributed by atoms with Crippen molar-refractivity contribution in [3.05, 3.63) is 217 Å². The first-order chi connectivity index (χ1) is 28.1. The Bertz CT molecular complexity index is 3130. The van der Waals surface area contributed by atoms with Gasteiger partial charge in [-0.25, -0.2) is 9.97 Å². The molecular formula is C54H36N2S. The lowest BCUT2D eigenvalue weighted by Gasteiger charge is -2.28. The predicted octanol–water partition coefficient (Wildman–Crippen LogP) is 14.5. The molecule has 11 rings (SSSR count). The highest BCUT2D eigenvalue weighted by Crippen LogP contribution is 2.53. The summed E-state index contributed by atoms with van der Waals surface area (Å²) in [5, 5.41) is 2.62. The molecule has 8 aromatic carbocycles. The van der Waals surface area contributed by atoms with Gasteiger partial charge in [0.25, 0.3) is 0 Å². The molecule has 2 heterocycles. The van der Waals surface area contributed by atoms with Crippen molar-refractivity contribution in [2.24, 2.45) is 0 Å². The number of hydrogen-bond acceptors (Lipinski definition) is 3. The number of nitrogens with zero attached hydrogens (tertiary/aromatic N) is 2. The number of rotatable bonds is 6. The molecule has 0 amide bonds. The van der Waals surface area contributed by atoms with Gasteiger partial charge >= 0.3 is 0 Å². The molecule has 10 aromatic rings. The van der Waals surface area contributed by atoms with Crippen LogP contribution in [0.3, 0.4) is 0 Å². The first-order valence-electron chi connectivity index (χ1n) is 19.5. The van der Waals surface area contributed by atoms with Crippen molar-refractivity contribution in [1.29, 1.82) is 0 Å². The molecule has 0 aliphatic heterocycles. The summed E-state index contributed by atoms with van der Waals surface area (Å²) in [6, 6.07) is 72.1. The van der Waals surface area contributed by atoms with Gasteiger partial charge in [0.1, 0.15) is 0 Å². The normalized spacial score (nSPS) is 14.5. The van der Waals surface area contributed by atoms with E-state index in [1.165, 1.54) is 59.1 Å². The molecule has 1 aliphatic carbocycles. The smallest absolute Gasteiger partial charge is 0.160 e. The Balaban J connectivity index is 1.03. The molecular weight excluding hydrogens is 709 g/mol. The lowest BCUT2D eigenvalue weighted by Crippen LogP contribution is -2.22. The Hall–Kier alpha value is -6.94. The number of fused-ring (bicyclic) bond motifs is 6. The predicted molar refractivity (Wildman–Crippen MR) is 240 cm³/mol. The molecule has 3 heteroatoms. The summed E-state index contributed by atoms with van der Waals surface area (Å²) in [5.74, 6) is 0.707. The minimum absolute atomic E-state index is 0.239. The van der Waals surface area contributed by atoms with E-state index in [2.05, 4.69) is 189 Å². The van der Waals surface area contributed by atoms with Crippen molar-refractivity contribution in [2.45, 2.75) is 12.3 Å². The number of hydrogen-bond donors (Lipinski definition) is 0. The zero-order valence-corrected chi connectivity index (χ0v) is 32.2. The summed E-state index contributed by atoms with van der Waals surface area (Å²) in [6.45, 7) is 2.37. The van der Waals surface area contributed by atoms with E-state index in [1.54, 1.807) is 0 Å². The molecule has 0 saturated carbocycles. The Kier molecular flexibility index (Phi) is 7.84. The maximum absolute atomic E-state index is 5.27. The van der Waals surface area contributed by atoms with E-state index in [4.69, 9.17) is 9.97 Å². The lowest BCUT2D eigenvalue weighted by molar-refractivity contribution is 0.714. The summed E-state index contributed by atoms with van der Waals surface area (Å²) in [6.07, 6.45) is 0. The molecule has 0 bridgehead atoms. The second-order valence-corrected chi connectivity index (χ2v) is 16.1. The highest BCUT2D eigenvalue weighted by molar-refractivity contribution is 7.26. The fourth-order valence-electron chi connectivity index (χ4n) is 8.95. The Morgan fingerprint density at radius 1 is 0.386 bits per heavy atom. The molecule has 2 aromatic heterocycles. The van der Waals surface area contributed by atoms with Crippen LogP contribution < -0.4 is 0 Å². The van der Waals surface area contributed by atoms with Gasteiger partial charge in [-0.05, 0) is 75.2 Å². The van der Waals surface area contributed by atoms with E-state index in [1.807, 2.05) is 29.5 Å². The Morgan fingerprint density at radius 2 is 0.982 bits per heavy atom.